The first-order valence-electron chi connectivity index (χ1n) is 11.2. The van der Waals surface area contributed by atoms with Crippen molar-refractivity contribution < 1.29 is 23.5 Å². The molecule has 0 aromatic carbocycles. The van der Waals surface area contributed by atoms with Gasteiger partial charge in [0.25, 0.3) is 5.91 Å². The van der Waals surface area contributed by atoms with Gasteiger partial charge in [-0.05, 0) is 25.8 Å². The number of aryl methyl sites for hydroxylation is 1. The number of carbonyl (C=O) groups excluding carboxylic acids is 3. The van der Waals surface area contributed by atoms with Crippen molar-refractivity contribution in [2.45, 2.75) is 52.4 Å². The minimum Gasteiger partial charge on any atom is -0.465 e. The molecular weight excluding hydrogens is 398 g/mol. The zero-order chi connectivity index (χ0) is 22.6. The number of hydrogen-bond acceptors (Lipinski definition) is 5. The maximum absolute atomic E-state index is 12.6. The smallest absolute Gasteiger partial charge is 0.254 e. The summed E-state index contributed by atoms with van der Waals surface area (Å²) in [7, 11) is 0. The molecule has 0 aliphatic carbocycles. The second-order valence-electron chi connectivity index (χ2n) is 9.43. The molecule has 0 atom stereocenters. The van der Waals surface area contributed by atoms with Crippen LogP contribution in [0.15, 0.2) is 10.5 Å². The Morgan fingerprint density at radius 2 is 1.71 bits per heavy atom. The van der Waals surface area contributed by atoms with Gasteiger partial charge in [-0.25, -0.2) is 0 Å². The Labute approximate surface area is 184 Å². The lowest BCUT2D eigenvalue weighted by molar-refractivity contribution is -0.143. The van der Waals surface area contributed by atoms with Crippen LogP contribution in [0.5, 0.6) is 0 Å². The fourth-order valence-corrected chi connectivity index (χ4v) is 4.03. The Morgan fingerprint density at radius 1 is 1.06 bits per heavy atom. The minimum atomic E-state index is -0.223. The minimum absolute atomic E-state index is 0.0110. The molecule has 2 aliphatic heterocycles. The van der Waals surface area contributed by atoms with Crippen LogP contribution in [0, 0.1) is 12.8 Å². The summed E-state index contributed by atoms with van der Waals surface area (Å²) in [4.78, 5) is 41.3. The summed E-state index contributed by atoms with van der Waals surface area (Å²) in [6.45, 7) is 11.8. The number of nitrogens with one attached hydrogen (secondary N) is 1. The lowest BCUT2D eigenvalue weighted by atomic mass is 9.93. The summed E-state index contributed by atoms with van der Waals surface area (Å²) in [5, 5.41) is 2.83. The molecule has 2 saturated heterocycles. The van der Waals surface area contributed by atoms with Crippen molar-refractivity contribution in [3.63, 3.8) is 0 Å². The molecule has 8 nitrogen and oxygen atoms in total. The van der Waals surface area contributed by atoms with Crippen molar-refractivity contribution in [1.29, 1.82) is 0 Å². The normalized spacial score (nSPS) is 18.2. The highest BCUT2D eigenvalue weighted by molar-refractivity contribution is 5.95. The number of hydrogen-bond donors (Lipinski definition) is 1. The molecule has 31 heavy (non-hydrogen) atoms. The van der Waals surface area contributed by atoms with E-state index in [4.69, 9.17) is 9.15 Å². The van der Waals surface area contributed by atoms with Gasteiger partial charge in [0.1, 0.15) is 11.5 Å². The quantitative estimate of drug-likeness (QED) is 0.768. The molecule has 3 rings (SSSR count). The van der Waals surface area contributed by atoms with Gasteiger partial charge in [0.15, 0.2) is 0 Å². The Balaban J connectivity index is 1.41. The number of nitrogens with zero attached hydrogens (tertiary/aromatic N) is 2. The lowest BCUT2D eigenvalue weighted by Gasteiger charge is -2.35. The van der Waals surface area contributed by atoms with Crippen molar-refractivity contribution in [1.82, 2.24) is 15.1 Å². The van der Waals surface area contributed by atoms with Crippen LogP contribution in [0.25, 0.3) is 0 Å². The highest BCUT2D eigenvalue weighted by Gasteiger charge is 2.31. The summed E-state index contributed by atoms with van der Waals surface area (Å²) >= 11 is 0. The zero-order valence-electron chi connectivity index (χ0n) is 19.2. The molecule has 2 aliphatic rings. The van der Waals surface area contributed by atoms with E-state index in [1.807, 2.05) is 25.7 Å². The zero-order valence-corrected chi connectivity index (χ0v) is 19.2. The van der Waals surface area contributed by atoms with Crippen molar-refractivity contribution in [2.24, 2.45) is 5.92 Å². The number of likely N-dealkylation sites (tertiary alicyclic amines) is 1. The van der Waals surface area contributed by atoms with Gasteiger partial charge in [-0.3, -0.25) is 14.4 Å². The third-order valence-electron chi connectivity index (χ3n) is 6.05. The Bertz CT molecular complexity index is 797. The fourth-order valence-electron chi connectivity index (χ4n) is 4.03. The third kappa shape index (κ3) is 5.87. The van der Waals surface area contributed by atoms with E-state index in [-0.39, 0.29) is 42.0 Å². The average Bonchev–Trinajstić information content (AvgIpc) is 3.16. The van der Waals surface area contributed by atoms with Crippen LogP contribution in [-0.2, 0) is 19.7 Å². The van der Waals surface area contributed by atoms with Gasteiger partial charge in [0.05, 0.1) is 18.8 Å². The molecule has 172 valence electrons. The molecule has 0 unspecified atom stereocenters. The van der Waals surface area contributed by atoms with Gasteiger partial charge < -0.3 is 24.3 Å². The molecule has 3 heterocycles. The molecule has 0 radical (unpaired) electrons. The summed E-state index contributed by atoms with van der Waals surface area (Å²) in [6, 6.07) is 1.78. The van der Waals surface area contributed by atoms with Crippen LogP contribution in [0.4, 0.5) is 0 Å². The van der Waals surface area contributed by atoms with E-state index in [0.717, 1.165) is 5.76 Å². The first kappa shape index (κ1) is 23.3. The number of rotatable bonds is 5. The fraction of sp³-hybridized carbons (Fsp3) is 0.696. The maximum Gasteiger partial charge on any atom is 0.254 e. The molecule has 1 aromatic heterocycles. The molecule has 1 N–H and O–H groups in total. The molecule has 2 fully saturated rings. The van der Waals surface area contributed by atoms with Crippen molar-refractivity contribution >= 4 is 17.7 Å². The number of amides is 3. The number of furan rings is 1. The van der Waals surface area contributed by atoms with Gasteiger partial charge in [-0.1, -0.05) is 20.8 Å². The van der Waals surface area contributed by atoms with E-state index in [9.17, 15) is 14.4 Å². The summed E-state index contributed by atoms with van der Waals surface area (Å²) in [6.07, 6.45) is 1.63. The van der Waals surface area contributed by atoms with Crippen LogP contribution >= 0.6 is 0 Å². The van der Waals surface area contributed by atoms with E-state index in [1.54, 1.807) is 17.9 Å². The van der Waals surface area contributed by atoms with Crippen LogP contribution < -0.4 is 5.32 Å². The third-order valence-corrected chi connectivity index (χ3v) is 6.05. The van der Waals surface area contributed by atoms with Gasteiger partial charge in [0, 0.05) is 50.5 Å². The molecule has 0 spiro atoms. The Hall–Kier alpha value is -2.35. The number of carbonyl (C=O) groups is 3. The van der Waals surface area contributed by atoms with E-state index in [1.165, 1.54) is 0 Å². The van der Waals surface area contributed by atoms with Crippen molar-refractivity contribution in [2.75, 3.05) is 45.9 Å². The number of morpholine rings is 1. The van der Waals surface area contributed by atoms with Crippen LogP contribution in [0.3, 0.4) is 0 Å². The average molecular weight is 434 g/mol. The van der Waals surface area contributed by atoms with Gasteiger partial charge in [-0.15, -0.1) is 0 Å². The van der Waals surface area contributed by atoms with Crippen molar-refractivity contribution in [3.05, 3.63) is 23.2 Å². The Morgan fingerprint density at radius 3 is 2.29 bits per heavy atom. The molecule has 8 heteroatoms. The second kappa shape index (κ2) is 9.85. The molecule has 1 aromatic rings. The summed E-state index contributed by atoms with van der Waals surface area (Å²) in [5.74, 6) is 1.31. The number of piperidine rings is 1. The first-order valence-corrected chi connectivity index (χ1v) is 11.2. The number of ether oxygens (including phenoxy) is 1. The predicted octanol–water partition coefficient (Wildman–Crippen LogP) is 2.10. The second-order valence-corrected chi connectivity index (χ2v) is 9.43. The largest absolute Gasteiger partial charge is 0.465 e. The van der Waals surface area contributed by atoms with E-state index in [2.05, 4.69) is 5.32 Å². The lowest BCUT2D eigenvalue weighted by Crippen LogP contribution is -2.47. The highest BCUT2D eigenvalue weighted by Crippen LogP contribution is 2.27. The van der Waals surface area contributed by atoms with Gasteiger partial charge in [-0.2, -0.15) is 0 Å². The molecule has 3 amide bonds. The molecule has 0 bridgehead atoms. The van der Waals surface area contributed by atoms with Gasteiger partial charge >= 0.3 is 0 Å². The van der Waals surface area contributed by atoms with E-state index >= 15 is 0 Å². The molecule has 0 saturated carbocycles. The summed E-state index contributed by atoms with van der Waals surface area (Å²) in [5.41, 5.74) is 0.342. The maximum atomic E-state index is 12.6. The van der Waals surface area contributed by atoms with E-state index < -0.39 is 0 Å². The highest BCUT2D eigenvalue weighted by atomic mass is 16.5. The van der Waals surface area contributed by atoms with Crippen LogP contribution in [0.2, 0.25) is 0 Å². The predicted molar refractivity (Wildman–Crippen MR) is 116 cm³/mol. The van der Waals surface area contributed by atoms with E-state index in [0.29, 0.717) is 63.6 Å². The summed E-state index contributed by atoms with van der Waals surface area (Å²) < 4.78 is 11.0. The van der Waals surface area contributed by atoms with Crippen LogP contribution in [0.1, 0.15) is 61.9 Å². The topological polar surface area (TPSA) is 92.1 Å². The monoisotopic (exact) mass is 433 g/mol. The SMILES string of the molecule is Cc1oc(C(C)(C)C)cc1C(=O)NCCC(=O)N1CCC(C(=O)N2CCOCC2)CC1. The first-order chi connectivity index (χ1) is 14.7. The van der Waals surface area contributed by atoms with Crippen LogP contribution in [-0.4, -0.2) is 73.5 Å². The van der Waals surface area contributed by atoms with Crippen molar-refractivity contribution in [3.8, 4) is 0 Å². The Kier molecular flexibility index (Phi) is 7.41. The standard InChI is InChI=1S/C23H35N3O5/c1-16-18(15-19(31-16)23(2,3)4)21(28)24-8-5-20(27)25-9-6-17(7-10-25)22(29)26-11-13-30-14-12-26/h15,17H,5-14H2,1-4H3,(H,24,28). The molecular formula is C23H35N3O5. The van der Waals surface area contributed by atoms with Gasteiger partial charge in [0.2, 0.25) is 11.8 Å².